The molecule has 0 radical (unpaired) electrons. The molecule has 0 amide bonds. The highest BCUT2D eigenvalue weighted by Crippen LogP contribution is 2.47. The minimum absolute atomic E-state index is 0.0193. The van der Waals surface area contributed by atoms with Gasteiger partial charge in [-0.05, 0) is 43.7 Å². The van der Waals surface area contributed by atoms with Gasteiger partial charge in [0, 0.05) is 17.7 Å². The summed E-state index contributed by atoms with van der Waals surface area (Å²) >= 11 is 1.21. The highest BCUT2D eigenvalue weighted by atomic mass is 32.1. The average molecular weight is 435 g/mol. The Hall–Kier alpha value is -3.59. The van der Waals surface area contributed by atoms with Crippen molar-refractivity contribution in [1.29, 1.82) is 0 Å². The van der Waals surface area contributed by atoms with Gasteiger partial charge in [-0.3, -0.25) is 24.3 Å². The second-order valence-corrected chi connectivity index (χ2v) is 8.77. The smallest absolute Gasteiger partial charge is 0.270 e. The van der Waals surface area contributed by atoms with E-state index in [0.29, 0.717) is 20.6 Å². The van der Waals surface area contributed by atoms with Crippen molar-refractivity contribution in [2.75, 3.05) is 0 Å². The van der Waals surface area contributed by atoms with Crippen molar-refractivity contribution in [1.82, 2.24) is 4.57 Å². The maximum atomic E-state index is 13.4. The lowest BCUT2D eigenvalue weighted by Gasteiger charge is -2.45. The van der Waals surface area contributed by atoms with Crippen molar-refractivity contribution >= 4 is 28.9 Å². The molecule has 3 atom stereocenters. The number of ketones is 1. The second-order valence-electron chi connectivity index (χ2n) is 7.76. The molecule has 31 heavy (non-hydrogen) atoms. The summed E-state index contributed by atoms with van der Waals surface area (Å²) in [4.78, 5) is 41.6. The molecular weight excluding hydrogens is 418 g/mol. The van der Waals surface area contributed by atoms with Gasteiger partial charge in [0.15, 0.2) is 4.80 Å². The predicted octanol–water partition coefficient (Wildman–Crippen LogP) is 2.18. The third kappa shape index (κ3) is 2.92. The van der Waals surface area contributed by atoms with Crippen LogP contribution in [0.4, 0.5) is 5.69 Å². The Morgan fingerprint density at radius 2 is 1.97 bits per heavy atom. The fourth-order valence-corrected chi connectivity index (χ4v) is 5.50. The summed E-state index contributed by atoms with van der Waals surface area (Å²) in [5.41, 5.74) is 0.0625. The topological polar surface area (TPSA) is 104 Å². The maximum absolute atomic E-state index is 13.4. The number of benzene rings is 2. The van der Waals surface area contributed by atoms with Crippen LogP contribution in [0.2, 0.25) is 0 Å². The van der Waals surface area contributed by atoms with Crippen LogP contribution >= 0.6 is 11.3 Å². The lowest BCUT2D eigenvalue weighted by molar-refractivity contribution is -0.384. The number of nitro groups is 1. The number of non-ortho nitro benzene ring substituents is 1. The van der Waals surface area contributed by atoms with Crippen LogP contribution in [0, 0.1) is 16.0 Å². The molecule has 8 nitrogen and oxygen atoms in total. The van der Waals surface area contributed by atoms with Crippen LogP contribution in [0.25, 0.3) is 6.08 Å². The van der Waals surface area contributed by atoms with Gasteiger partial charge in [-0.1, -0.05) is 29.5 Å². The second kappa shape index (κ2) is 6.71. The first-order valence-electron chi connectivity index (χ1n) is 9.64. The lowest BCUT2D eigenvalue weighted by Crippen LogP contribution is -2.58. The molecule has 0 unspecified atom stereocenters. The van der Waals surface area contributed by atoms with E-state index < -0.39 is 22.6 Å². The molecule has 0 fully saturated rings. The number of fused-ring (bicyclic) bond motifs is 6. The van der Waals surface area contributed by atoms with Crippen LogP contribution in [0.1, 0.15) is 31.0 Å². The van der Waals surface area contributed by atoms with Crippen molar-refractivity contribution in [3.05, 3.63) is 89.5 Å². The highest BCUT2D eigenvalue weighted by molar-refractivity contribution is 7.07. The Bertz CT molecular complexity index is 1420. The van der Waals surface area contributed by atoms with E-state index in [1.165, 1.54) is 30.4 Å². The summed E-state index contributed by atoms with van der Waals surface area (Å²) in [6.07, 6.45) is 1.68. The van der Waals surface area contributed by atoms with Crippen molar-refractivity contribution in [2.45, 2.75) is 25.6 Å². The van der Waals surface area contributed by atoms with Crippen molar-refractivity contribution in [3.63, 3.8) is 0 Å². The number of carbonyl (C=O) groups excluding carboxylic acids is 1. The summed E-state index contributed by atoms with van der Waals surface area (Å²) in [5.74, 6) is -0.120. The number of thiazole rings is 1. The molecule has 3 heterocycles. The fraction of sp³-hybridized carbons (Fsp3) is 0.227. The largest absolute Gasteiger partial charge is 0.465 e. The first-order chi connectivity index (χ1) is 14.8. The molecule has 2 aliphatic heterocycles. The van der Waals surface area contributed by atoms with E-state index >= 15 is 0 Å². The Kier molecular flexibility index (Phi) is 4.19. The molecule has 0 aliphatic carbocycles. The van der Waals surface area contributed by atoms with Gasteiger partial charge < -0.3 is 4.74 Å². The summed E-state index contributed by atoms with van der Waals surface area (Å²) in [5, 5.41) is 10.9. The first-order valence-corrected chi connectivity index (χ1v) is 10.5. The van der Waals surface area contributed by atoms with Crippen LogP contribution in [-0.4, -0.2) is 21.0 Å². The third-order valence-corrected chi connectivity index (χ3v) is 6.70. The van der Waals surface area contributed by atoms with E-state index in [9.17, 15) is 19.7 Å². The normalized spacial score (nSPS) is 23.9. The first kappa shape index (κ1) is 19.4. The molecule has 0 saturated heterocycles. The quantitative estimate of drug-likeness (QED) is 0.463. The van der Waals surface area contributed by atoms with Crippen LogP contribution in [0.3, 0.4) is 0 Å². The van der Waals surface area contributed by atoms with Gasteiger partial charge in [-0.15, -0.1) is 0 Å². The van der Waals surface area contributed by atoms with Crippen LogP contribution in [0.15, 0.2) is 58.3 Å². The molecular formula is C22H17N3O5S. The van der Waals surface area contributed by atoms with E-state index in [4.69, 9.17) is 4.74 Å². The molecule has 0 saturated carbocycles. The van der Waals surface area contributed by atoms with Crippen LogP contribution in [-0.2, 0) is 4.79 Å². The molecule has 5 rings (SSSR count). The van der Waals surface area contributed by atoms with Crippen molar-refractivity contribution in [2.24, 2.45) is 10.9 Å². The van der Waals surface area contributed by atoms with Crippen molar-refractivity contribution < 1.29 is 14.5 Å². The van der Waals surface area contributed by atoms with E-state index in [1.54, 1.807) is 29.7 Å². The minimum Gasteiger partial charge on any atom is -0.465 e. The number of carbonyl (C=O) groups is 1. The van der Waals surface area contributed by atoms with Gasteiger partial charge in [-0.2, -0.15) is 0 Å². The zero-order chi connectivity index (χ0) is 21.9. The number of ether oxygens (including phenoxy) is 1. The number of nitrogens with zero attached hydrogens (tertiary/aromatic N) is 3. The van der Waals surface area contributed by atoms with E-state index in [-0.39, 0.29) is 17.0 Å². The van der Waals surface area contributed by atoms with E-state index in [0.717, 1.165) is 5.56 Å². The zero-order valence-corrected chi connectivity index (χ0v) is 17.5. The molecule has 2 bridgehead atoms. The van der Waals surface area contributed by atoms with Crippen LogP contribution < -0.4 is 19.6 Å². The summed E-state index contributed by atoms with van der Waals surface area (Å²) in [6.45, 7) is 3.27. The average Bonchev–Trinajstić information content (AvgIpc) is 3.01. The molecule has 0 spiro atoms. The Morgan fingerprint density at radius 1 is 1.26 bits per heavy atom. The molecule has 1 aromatic heterocycles. The van der Waals surface area contributed by atoms with Gasteiger partial charge in [0.1, 0.15) is 17.5 Å². The van der Waals surface area contributed by atoms with Crippen LogP contribution in [0.5, 0.6) is 5.75 Å². The third-order valence-electron chi connectivity index (χ3n) is 5.72. The molecule has 156 valence electrons. The fourth-order valence-electron chi connectivity index (χ4n) is 4.40. The SMILES string of the molecule is CC(=O)[C@@H]1[C@@H]2c3ccccc3O[C@]1(C)N=c1s/c(=C\c3ccc([N+](=O)[O-])cc3)c(=O)n12. The molecule has 2 aliphatic rings. The number of hydrogen-bond acceptors (Lipinski definition) is 7. The van der Waals surface area contributed by atoms with Gasteiger partial charge >= 0.3 is 0 Å². The molecule has 2 aromatic carbocycles. The maximum Gasteiger partial charge on any atom is 0.270 e. The Labute approximate surface area is 179 Å². The Morgan fingerprint density at radius 3 is 2.65 bits per heavy atom. The number of nitro benzene ring substituents is 1. The zero-order valence-electron chi connectivity index (χ0n) is 16.6. The number of aromatic nitrogens is 1. The molecule has 9 heteroatoms. The van der Waals surface area contributed by atoms with Gasteiger partial charge in [-0.25, -0.2) is 4.99 Å². The molecule has 0 N–H and O–H groups in total. The van der Waals surface area contributed by atoms with Crippen molar-refractivity contribution in [3.8, 4) is 5.75 Å². The Balaban J connectivity index is 1.74. The number of para-hydroxylation sites is 1. The highest BCUT2D eigenvalue weighted by Gasteiger charge is 2.53. The number of Topliss-reactive ketones (excluding diaryl/α,β-unsaturated/α-hetero) is 1. The van der Waals surface area contributed by atoms with Gasteiger partial charge in [0.05, 0.1) is 15.5 Å². The van der Waals surface area contributed by atoms with E-state index in [1.807, 2.05) is 24.3 Å². The number of rotatable bonds is 3. The predicted molar refractivity (Wildman–Crippen MR) is 114 cm³/mol. The van der Waals surface area contributed by atoms with Gasteiger partial charge in [0.25, 0.3) is 11.2 Å². The number of hydrogen-bond donors (Lipinski definition) is 0. The summed E-state index contributed by atoms with van der Waals surface area (Å²) in [6, 6.07) is 12.8. The summed E-state index contributed by atoms with van der Waals surface area (Å²) in [7, 11) is 0. The monoisotopic (exact) mass is 435 g/mol. The standard InChI is InChI=1S/C22H17N3O5S/c1-12(26)18-19-15-5-3-4-6-16(15)30-22(18,2)23-21-24(19)20(27)17(31-21)11-13-7-9-14(10-8-13)25(28)29/h3-11,18-19H,1-2H3/b17-11-/t18-,19+,22+/m1/s1. The van der Waals surface area contributed by atoms with Gasteiger partial charge in [0.2, 0.25) is 5.72 Å². The molecule has 3 aromatic rings. The van der Waals surface area contributed by atoms with E-state index in [2.05, 4.69) is 4.99 Å². The minimum atomic E-state index is -1.10. The summed E-state index contributed by atoms with van der Waals surface area (Å²) < 4.78 is 8.17. The lowest BCUT2D eigenvalue weighted by atomic mass is 9.79.